The lowest BCUT2D eigenvalue weighted by Crippen LogP contribution is -2.40. The molecule has 0 unspecified atom stereocenters. The Morgan fingerprint density at radius 2 is 2.00 bits per heavy atom. The number of nitrogens with zero attached hydrogens (tertiary/aromatic N) is 1. The molecule has 0 aromatic rings. The summed E-state index contributed by atoms with van der Waals surface area (Å²) in [5.74, 6) is 0.852. The van der Waals surface area contributed by atoms with E-state index in [1.165, 1.54) is 38.9 Å². The lowest BCUT2D eigenvalue weighted by molar-refractivity contribution is 0.113. The van der Waals surface area contributed by atoms with Gasteiger partial charge in [0.15, 0.2) is 0 Å². The normalized spacial score (nSPS) is 23.8. The maximum Gasteiger partial charge on any atom is 0.00327 e. The molecule has 1 heteroatoms. The van der Waals surface area contributed by atoms with Gasteiger partial charge in [0, 0.05) is 6.54 Å². The van der Waals surface area contributed by atoms with E-state index in [0.717, 1.165) is 5.92 Å². The summed E-state index contributed by atoms with van der Waals surface area (Å²) in [6.07, 6.45) is 4.16. The molecule has 0 aromatic heterocycles. The fourth-order valence-electron chi connectivity index (χ4n) is 2.18. The van der Waals surface area contributed by atoms with Gasteiger partial charge in [-0.25, -0.2) is 0 Å². The zero-order chi connectivity index (χ0) is 9.90. The van der Waals surface area contributed by atoms with Crippen LogP contribution < -0.4 is 0 Å². The second kappa shape index (κ2) is 4.45. The van der Waals surface area contributed by atoms with E-state index in [1.807, 2.05) is 0 Å². The van der Waals surface area contributed by atoms with Gasteiger partial charge in [0.25, 0.3) is 0 Å². The zero-order valence-corrected chi connectivity index (χ0v) is 9.77. The van der Waals surface area contributed by atoms with E-state index in [2.05, 4.69) is 32.6 Å². The van der Waals surface area contributed by atoms with E-state index in [9.17, 15) is 0 Å². The summed E-state index contributed by atoms with van der Waals surface area (Å²) >= 11 is 0. The van der Waals surface area contributed by atoms with Gasteiger partial charge in [-0.2, -0.15) is 0 Å². The van der Waals surface area contributed by atoms with Gasteiger partial charge in [-0.05, 0) is 43.7 Å². The van der Waals surface area contributed by atoms with Crippen molar-refractivity contribution < 1.29 is 0 Å². The minimum Gasteiger partial charge on any atom is -0.303 e. The summed E-state index contributed by atoms with van der Waals surface area (Å²) in [4.78, 5) is 2.64. The van der Waals surface area contributed by atoms with Crippen LogP contribution in [0, 0.1) is 11.3 Å². The fourth-order valence-corrected chi connectivity index (χ4v) is 2.18. The lowest BCUT2D eigenvalue weighted by atomic mass is 9.84. The molecule has 1 fully saturated rings. The van der Waals surface area contributed by atoms with Crippen molar-refractivity contribution in [1.82, 2.24) is 4.90 Å². The van der Waals surface area contributed by atoms with E-state index in [1.54, 1.807) is 0 Å². The van der Waals surface area contributed by atoms with Crippen molar-refractivity contribution in [1.29, 1.82) is 0 Å². The molecule has 0 aliphatic carbocycles. The van der Waals surface area contributed by atoms with Crippen LogP contribution in [0.5, 0.6) is 0 Å². The Morgan fingerprint density at radius 1 is 1.31 bits per heavy atom. The Kier molecular flexibility index (Phi) is 3.78. The van der Waals surface area contributed by atoms with Crippen molar-refractivity contribution in [3.8, 4) is 0 Å². The first-order chi connectivity index (χ1) is 5.99. The van der Waals surface area contributed by atoms with E-state index in [-0.39, 0.29) is 0 Å². The monoisotopic (exact) mass is 183 g/mol. The van der Waals surface area contributed by atoms with E-state index in [0.29, 0.717) is 5.41 Å². The smallest absolute Gasteiger partial charge is 0.00327 e. The van der Waals surface area contributed by atoms with Gasteiger partial charge in [0.2, 0.25) is 0 Å². The van der Waals surface area contributed by atoms with E-state index >= 15 is 0 Å². The molecular weight excluding hydrogens is 158 g/mol. The van der Waals surface area contributed by atoms with Crippen LogP contribution in [0.25, 0.3) is 0 Å². The summed E-state index contributed by atoms with van der Waals surface area (Å²) in [6, 6.07) is 0. The molecular formula is C12H25N. The highest BCUT2D eigenvalue weighted by molar-refractivity contribution is 4.79. The molecule has 1 aliphatic rings. The topological polar surface area (TPSA) is 3.24 Å². The Hall–Kier alpha value is -0.0400. The van der Waals surface area contributed by atoms with Crippen LogP contribution in [0.2, 0.25) is 0 Å². The molecule has 0 bridgehead atoms. The molecule has 1 aliphatic heterocycles. The second-order valence-electron chi connectivity index (χ2n) is 5.73. The Labute approximate surface area is 83.5 Å². The maximum atomic E-state index is 2.64. The standard InChI is InChI=1S/C12H25N/c1-11(2)6-9-13-8-5-7-12(3,4)10-13/h11H,5-10H2,1-4H3. The van der Waals surface area contributed by atoms with Crippen molar-refractivity contribution in [2.24, 2.45) is 11.3 Å². The number of hydrogen-bond donors (Lipinski definition) is 0. The van der Waals surface area contributed by atoms with Gasteiger partial charge in [-0.3, -0.25) is 0 Å². The van der Waals surface area contributed by atoms with Gasteiger partial charge < -0.3 is 4.90 Å². The maximum absolute atomic E-state index is 2.64. The van der Waals surface area contributed by atoms with Crippen LogP contribution in [0.4, 0.5) is 0 Å². The SMILES string of the molecule is CC(C)CCN1CCCC(C)(C)C1. The van der Waals surface area contributed by atoms with Crippen LogP contribution in [-0.2, 0) is 0 Å². The molecule has 0 atom stereocenters. The Balaban J connectivity index is 2.26. The van der Waals surface area contributed by atoms with Crippen LogP contribution in [0.1, 0.15) is 47.0 Å². The molecule has 0 amide bonds. The molecule has 0 saturated carbocycles. The van der Waals surface area contributed by atoms with Crippen molar-refractivity contribution >= 4 is 0 Å². The van der Waals surface area contributed by atoms with Crippen LogP contribution in [0.15, 0.2) is 0 Å². The highest BCUT2D eigenvalue weighted by Gasteiger charge is 2.25. The molecule has 1 heterocycles. The first-order valence-electron chi connectivity index (χ1n) is 5.72. The third-order valence-electron chi connectivity index (χ3n) is 3.00. The van der Waals surface area contributed by atoms with Crippen LogP contribution in [0.3, 0.4) is 0 Å². The Bertz CT molecular complexity index is 149. The summed E-state index contributed by atoms with van der Waals surface area (Å²) in [5, 5.41) is 0. The molecule has 1 nitrogen and oxygen atoms in total. The van der Waals surface area contributed by atoms with Gasteiger partial charge in [-0.15, -0.1) is 0 Å². The summed E-state index contributed by atoms with van der Waals surface area (Å²) in [5.41, 5.74) is 0.565. The molecule has 0 spiro atoms. The number of likely N-dealkylation sites (tertiary alicyclic amines) is 1. The highest BCUT2D eigenvalue weighted by Crippen LogP contribution is 2.28. The largest absolute Gasteiger partial charge is 0.303 e. The third kappa shape index (κ3) is 4.12. The minimum atomic E-state index is 0.565. The van der Waals surface area contributed by atoms with E-state index in [4.69, 9.17) is 0 Å². The third-order valence-corrected chi connectivity index (χ3v) is 3.00. The van der Waals surface area contributed by atoms with E-state index < -0.39 is 0 Å². The van der Waals surface area contributed by atoms with Gasteiger partial charge in [-0.1, -0.05) is 27.7 Å². The number of rotatable bonds is 3. The minimum absolute atomic E-state index is 0.565. The van der Waals surface area contributed by atoms with Crippen LogP contribution >= 0.6 is 0 Å². The summed E-state index contributed by atoms with van der Waals surface area (Å²) in [6.45, 7) is 13.4. The Morgan fingerprint density at radius 3 is 2.54 bits per heavy atom. The molecule has 1 saturated heterocycles. The average molecular weight is 183 g/mol. The van der Waals surface area contributed by atoms with Crippen LogP contribution in [-0.4, -0.2) is 24.5 Å². The molecule has 78 valence electrons. The van der Waals surface area contributed by atoms with Crippen molar-refractivity contribution in [2.45, 2.75) is 47.0 Å². The highest BCUT2D eigenvalue weighted by atomic mass is 15.1. The fraction of sp³-hybridized carbons (Fsp3) is 1.00. The number of piperidine rings is 1. The molecule has 0 aromatic carbocycles. The molecule has 0 radical (unpaired) electrons. The van der Waals surface area contributed by atoms with Gasteiger partial charge >= 0.3 is 0 Å². The average Bonchev–Trinajstić information content (AvgIpc) is 1.99. The van der Waals surface area contributed by atoms with Crippen molar-refractivity contribution in [3.63, 3.8) is 0 Å². The van der Waals surface area contributed by atoms with Gasteiger partial charge in [0.1, 0.15) is 0 Å². The predicted octanol–water partition coefficient (Wildman–Crippen LogP) is 3.15. The molecule has 13 heavy (non-hydrogen) atoms. The quantitative estimate of drug-likeness (QED) is 0.649. The second-order valence-corrected chi connectivity index (χ2v) is 5.73. The first kappa shape index (κ1) is 11.0. The lowest BCUT2D eigenvalue weighted by Gasteiger charge is -2.38. The van der Waals surface area contributed by atoms with Crippen molar-refractivity contribution in [3.05, 3.63) is 0 Å². The summed E-state index contributed by atoms with van der Waals surface area (Å²) in [7, 11) is 0. The predicted molar refractivity (Wildman–Crippen MR) is 58.9 cm³/mol. The molecule has 0 N–H and O–H groups in total. The van der Waals surface area contributed by atoms with Gasteiger partial charge in [0.05, 0.1) is 0 Å². The molecule has 1 rings (SSSR count). The summed E-state index contributed by atoms with van der Waals surface area (Å²) < 4.78 is 0. The zero-order valence-electron chi connectivity index (χ0n) is 9.77. The number of hydrogen-bond acceptors (Lipinski definition) is 1. The first-order valence-corrected chi connectivity index (χ1v) is 5.72. The van der Waals surface area contributed by atoms with Crippen molar-refractivity contribution in [2.75, 3.05) is 19.6 Å².